The fourth-order valence-electron chi connectivity index (χ4n) is 4.21. The van der Waals surface area contributed by atoms with Crippen LogP contribution in [0.15, 0.2) is 89.3 Å². The van der Waals surface area contributed by atoms with Gasteiger partial charge in [-0.3, -0.25) is 0 Å². The zero-order chi connectivity index (χ0) is 22.6. The lowest BCUT2D eigenvalue weighted by Crippen LogP contribution is -2.18. The van der Waals surface area contributed by atoms with Crippen LogP contribution in [0.4, 0.5) is 0 Å². The van der Waals surface area contributed by atoms with Gasteiger partial charge in [0.15, 0.2) is 11.6 Å². The molecule has 2 aromatic heterocycles. The topological polar surface area (TPSA) is 51.8 Å². The molecule has 0 radical (unpaired) electrons. The van der Waals surface area contributed by atoms with Crippen molar-refractivity contribution in [2.75, 3.05) is 0 Å². The zero-order valence-electron chi connectivity index (χ0n) is 18.8. The van der Waals surface area contributed by atoms with Gasteiger partial charge in [-0.25, -0.2) is 15.0 Å². The van der Waals surface area contributed by atoms with E-state index in [0.29, 0.717) is 11.6 Å². The highest BCUT2D eigenvalue weighted by Crippen LogP contribution is 2.35. The second-order valence-corrected chi connectivity index (χ2v) is 9.40. The number of rotatable bonds is 2. The number of benzene rings is 4. The van der Waals surface area contributed by atoms with Crippen molar-refractivity contribution < 1.29 is 4.42 Å². The van der Waals surface area contributed by atoms with Gasteiger partial charge in [-0.1, -0.05) is 87.5 Å². The molecule has 2 heterocycles. The first-order chi connectivity index (χ1) is 16.0. The van der Waals surface area contributed by atoms with E-state index in [4.69, 9.17) is 19.4 Å². The molecule has 0 N–H and O–H groups in total. The maximum atomic E-state index is 6.27. The van der Waals surface area contributed by atoms with E-state index in [1.54, 1.807) is 0 Å². The Kier molecular flexibility index (Phi) is 4.31. The van der Waals surface area contributed by atoms with E-state index in [1.165, 1.54) is 5.39 Å². The molecule has 0 aliphatic heterocycles. The van der Waals surface area contributed by atoms with Crippen LogP contribution in [0.2, 0.25) is 0 Å². The Hall–Kier alpha value is -4.05. The summed E-state index contributed by atoms with van der Waals surface area (Å²) in [5.41, 5.74) is 3.28. The van der Waals surface area contributed by atoms with E-state index in [2.05, 4.69) is 69.3 Å². The van der Waals surface area contributed by atoms with Crippen LogP contribution in [0.25, 0.3) is 55.5 Å². The SMILES string of the molecule is CC(C)(C)c1nc(-c2ccc3ccccc3c2)nc(-c2cccc3c2oc2ccccc23)n1. The second kappa shape index (κ2) is 7.24. The summed E-state index contributed by atoms with van der Waals surface area (Å²) in [6.07, 6.45) is 0. The van der Waals surface area contributed by atoms with Crippen molar-refractivity contribution >= 4 is 32.7 Å². The minimum atomic E-state index is -0.231. The lowest BCUT2D eigenvalue weighted by atomic mass is 9.95. The van der Waals surface area contributed by atoms with Gasteiger partial charge in [0.1, 0.15) is 17.0 Å². The first-order valence-corrected chi connectivity index (χ1v) is 11.1. The predicted octanol–water partition coefficient (Wildman–Crippen LogP) is 7.56. The van der Waals surface area contributed by atoms with Crippen LogP contribution in [0.1, 0.15) is 26.6 Å². The fraction of sp³-hybridized carbons (Fsp3) is 0.138. The molecule has 0 spiro atoms. The molecule has 6 rings (SSSR count). The van der Waals surface area contributed by atoms with Crippen LogP contribution in [0.5, 0.6) is 0 Å². The number of para-hydroxylation sites is 2. The number of nitrogens with zero attached hydrogens (tertiary/aromatic N) is 3. The minimum absolute atomic E-state index is 0.231. The minimum Gasteiger partial charge on any atom is -0.455 e. The monoisotopic (exact) mass is 429 g/mol. The molecular formula is C29H23N3O. The Balaban J connectivity index is 1.61. The summed E-state index contributed by atoms with van der Waals surface area (Å²) in [5.74, 6) is 2.05. The molecule has 33 heavy (non-hydrogen) atoms. The Morgan fingerprint density at radius 2 is 1.36 bits per heavy atom. The Morgan fingerprint density at radius 3 is 2.21 bits per heavy atom. The summed E-state index contributed by atoms with van der Waals surface area (Å²) in [4.78, 5) is 14.7. The van der Waals surface area contributed by atoms with Gasteiger partial charge in [0, 0.05) is 21.8 Å². The Labute approximate surface area is 192 Å². The number of furan rings is 1. The van der Waals surface area contributed by atoms with Gasteiger partial charge in [0.2, 0.25) is 0 Å². The zero-order valence-corrected chi connectivity index (χ0v) is 18.8. The maximum absolute atomic E-state index is 6.27. The quantitative estimate of drug-likeness (QED) is 0.285. The van der Waals surface area contributed by atoms with E-state index in [1.807, 2.05) is 36.4 Å². The average molecular weight is 430 g/mol. The Bertz CT molecular complexity index is 1660. The van der Waals surface area contributed by atoms with Crippen molar-refractivity contribution in [2.24, 2.45) is 0 Å². The number of hydrogen-bond acceptors (Lipinski definition) is 4. The number of hydrogen-bond donors (Lipinski definition) is 0. The highest BCUT2D eigenvalue weighted by atomic mass is 16.3. The third kappa shape index (κ3) is 3.35. The molecule has 0 unspecified atom stereocenters. The van der Waals surface area contributed by atoms with E-state index in [-0.39, 0.29) is 5.41 Å². The number of fused-ring (bicyclic) bond motifs is 4. The van der Waals surface area contributed by atoms with Crippen LogP contribution < -0.4 is 0 Å². The highest BCUT2D eigenvalue weighted by molar-refractivity contribution is 6.09. The van der Waals surface area contributed by atoms with E-state index >= 15 is 0 Å². The van der Waals surface area contributed by atoms with E-state index in [9.17, 15) is 0 Å². The summed E-state index contributed by atoms with van der Waals surface area (Å²) in [7, 11) is 0. The van der Waals surface area contributed by atoms with Crippen LogP contribution in [0.3, 0.4) is 0 Å². The summed E-state index contributed by atoms with van der Waals surface area (Å²) >= 11 is 0. The van der Waals surface area contributed by atoms with E-state index < -0.39 is 0 Å². The highest BCUT2D eigenvalue weighted by Gasteiger charge is 2.22. The first kappa shape index (κ1) is 19.6. The third-order valence-electron chi connectivity index (χ3n) is 5.96. The summed E-state index contributed by atoms with van der Waals surface area (Å²) in [6.45, 7) is 6.37. The van der Waals surface area contributed by atoms with Crippen molar-refractivity contribution in [3.05, 3.63) is 90.8 Å². The predicted molar refractivity (Wildman–Crippen MR) is 134 cm³/mol. The molecule has 0 aliphatic rings. The van der Waals surface area contributed by atoms with Crippen LogP contribution in [0, 0.1) is 0 Å². The first-order valence-electron chi connectivity index (χ1n) is 11.1. The lowest BCUT2D eigenvalue weighted by Gasteiger charge is -2.18. The molecule has 4 nitrogen and oxygen atoms in total. The van der Waals surface area contributed by atoms with Crippen molar-refractivity contribution in [1.82, 2.24) is 15.0 Å². The third-order valence-corrected chi connectivity index (χ3v) is 5.96. The molecule has 0 fully saturated rings. The molecule has 6 aromatic rings. The van der Waals surface area contributed by atoms with Crippen molar-refractivity contribution in [1.29, 1.82) is 0 Å². The van der Waals surface area contributed by atoms with E-state index in [0.717, 1.165) is 44.3 Å². The van der Waals surface area contributed by atoms with Gasteiger partial charge in [-0.2, -0.15) is 0 Å². The molecule has 0 saturated carbocycles. The van der Waals surface area contributed by atoms with Crippen LogP contribution in [-0.4, -0.2) is 15.0 Å². The molecule has 0 atom stereocenters. The van der Waals surface area contributed by atoms with Gasteiger partial charge >= 0.3 is 0 Å². The molecule has 4 heteroatoms. The molecule has 4 aromatic carbocycles. The standard InChI is InChI=1S/C29H23N3O/c1-29(2,3)28-31-26(20-16-15-18-9-4-5-10-19(18)17-20)30-27(32-28)23-13-8-12-22-21-11-6-7-14-24(21)33-25(22)23/h4-17H,1-3H3. The lowest BCUT2D eigenvalue weighted by molar-refractivity contribution is 0.543. The molecule has 0 aliphatic carbocycles. The van der Waals surface area contributed by atoms with Crippen molar-refractivity contribution in [2.45, 2.75) is 26.2 Å². The van der Waals surface area contributed by atoms with Crippen LogP contribution in [-0.2, 0) is 5.41 Å². The van der Waals surface area contributed by atoms with Gasteiger partial charge in [-0.15, -0.1) is 0 Å². The summed E-state index contributed by atoms with van der Waals surface area (Å²) < 4.78 is 6.27. The summed E-state index contributed by atoms with van der Waals surface area (Å²) in [6, 6.07) is 28.9. The molecule has 0 amide bonds. The van der Waals surface area contributed by atoms with Crippen molar-refractivity contribution in [3.63, 3.8) is 0 Å². The maximum Gasteiger partial charge on any atom is 0.167 e. The molecule has 0 bridgehead atoms. The number of aromatic nitrogens is 3. The molecule has 0 saturated heterocycles. The van der Waals surface area contributed by atoms with Gasteiger partial charge in [0.05, 0.1) is 5.56 Å². The fourth-order valence-corrected chi connectivity index (χ4v) is 4.21. The van der Waals surface area contributed by atoms with Gasteiger partial charge in [-0.05, 0) is 29.0 Å². The summed E-state index contributed by atoms with van der Waals surface area (Å²) in [5, 5.41) is 4.51. The van der Waals surface area contributed by atoms with Gasteiger partial charge in [0.25, 0.3) is 0 Å². The van der Waals surface area contributed by atoms with Gasteiger partial charge < -0.3 is 4.42 Å². The normalized spacial score (nSPS) is 12.1. The second-order valence-electron chi connectivity index (χ2n) is 9.40. The Morgan fingerprint density at radius 1 is 0.636 bits per heavy atom. The molecular weight excluding hydrogens is 406 g/mol. The average Bonchev–Trinajstić information content (AvgIpc) is 3.22. The smallest absolute Gasteiger partial charge is 0.167 e. The van der Waals surface area contributed by atoms with Crippen molar-refractivity contribution in [3.8, 4) is 22.8 Å². The largest absolute Gasteiger partial charge is 0.455 e. The molecule has 160 valence electrons. The van der Waals surface area contributed by atoms with Crippen LogP contribution >= 0.6 is 0 Å².